The van der Waals surface area contributed by atoms with Crippen LogP contribution in [0.4, 0.5) is 5.69 Å². The van der Waals surface area contributed by atoms with E-state index < -0.39 is 4.92 Å². The topological polar surface area (TPSA) is 108 Å². The average molecular weight is 278 g/mol. The Labute approximate surface area is 114 Å². The summed E-state index contributed by atoms with van der Waals surface area (Å²) in [6, 6.07) is 0. The number of nitrogens with zero attached hydrogens (tertiary/aromatic N) is 5. The summed E-state index contributed by atoms with van der Waals surface area (Å²) in [4.78, 5) is 21.9. The van der Waals surface area contributed by atoms with Crippen LogP contribution in [0.3, 0.4) is 0 Å². The van der Waals surface area contributed by atoms with Gasteiger partial charge in [-0.1, -0.05) is 0 Å². The Balaban J connectivity index is 1.87. The number of aromatic nitrogens is 4. The summed E-state index contributed by atoms with van der Waals surface area (Å²) in [5.41, 5.74) is 1.10. The number of amides is 1. The van der Waals surface area contributed by atoms with Gasteiger partial charge in [-0.25, -0.2) is 0 Å². The van der Waals surface area contributed by atoms with Crippen molar-refractivity contribution in [3.05, 3.63) is 40.0 Å². The van der Waals surface area contributed by atoms with Crippen LogP contribution in [-0.2, 0) is 13.6 Å². The molecule has 1 amide bonds. The number of aryl methyl sites for hydroxylation is 2. The maximum atomic E-state index is 11.9. The van der Waals surface area contributed by atoms with Crippen LogP contribution in [0.5, 0.6) is 0 Å². The summed E-state index contributed by atoms with van der Waals surface area (Å²) < 4.78 is 2.98. The Hall–Kier alpha value is -2.71. The lowest BCUT2D eigenvalue weighted by Gasteiger charge is -2.04. The van der Waals surface area contributed by atoms with E-state index in [4.69, 9.17) is 0 Å². The minimum Gasteiger partial charge on any atom is -0.350 e. The van der Waals surface area contributed by atoms with Crippen molar-refractivity contribution < 1.29 is 9.72 Å². The molecule has 0 unspecified atom stereocenters. The zero-order valence-electron chi connectivity index (χ0n) is 11.1. The van der Waals surface area contributed by atoms with Gasteiger partial charge in [-0.05, 0) is 6.92 Å². The smallest absolute Gasteiger partial charge is 0.306 e. The Morgan fingerprint density at radius 1 is 1.50 bits per heavy atom. The molecule has 0 aromatic carbocycles. The molecule has 9 heteroatoms. The van der Waals surface area contributed by atoms with Crippen molar-refractivity contribution in [3.8, 4) is 0 Å². The van der Waals surface area contributed by atoms with Gasteiger partial charge in [-0.15, -0.1) is 0 Å². The van der Waals surface area contributed by atoms with E-state index >= 15 is 0 Å². The molecule has 0 saturated carbocycles. The molecule has 0 bridgehead atoms. The molecule has 2 heterocycles. The number of hydrogen-bond acceptors (Lipinski definition) is 5. The van der Waals surface area contributed by atoms with Crippen molar-refractivity contribution in [2.45, 2.75) is 13.5 Å². The largest absolute Gasteiger partial charge is 0.350 e. The van der Waals surface area contributed by atoms with Gasteiger partial charge in [-0.2, -0.15) is 10.2 Å². The van der Waals surface area contributed by atoms with Gasteiger partial charge in [0, 0.05) is 19.8 Å². The molecule has 0 saturated heterocycles. The second-order valence-electron chi connectivity index (χ2n) is 4.28. The molecule has 2 rings (SSSR count). The lowest BCUT2D eigenvalue weighted by molar-refractivity contribution is -0.385. The van der Waals surface area contributed by atoms with Crippen LogP contribution in [0.2, 0.25) is 0 Å². The van der Waals surface area contributed by atoms with Crippen molar-refractivity contribution in [2.24, 2.45) is 7.05 Å². The summed E-state index contributed by atoms with van der Waals surface area (Å²) in [5.74, 6) is -0.225. The molecule has 0 spiro atoms. The molecule has 0 fully saturated rings. The molecule has 1 N–H and O–H groups in total. The molecule has 106 valence electrons. The van der Waals surface area contributed by atoms with E-state index in [1.165, 1.54) is 17.1 Å². The van der Waals surface area contributed by atoms with Gasteiger partial charge < -0.3 is 5.32 Å². The van der Waals surface area contributed by atoms with Crippen molar-refractivity contribution >= 4 is 11.6 Å². The van der Waals surface area contributed by atoms with E-state index in [9.17, 15) is 14.9 Å². The van der Waals surface area contributed by atoms with E-state index in [1.54, 1.807) is 24.9 Å². The average Bonchev–Trinajstić information content (AvgIpc) is 2.96. The molecule has 2 aromatic heterocycles. The fraction of sp³-hybridized carbons (Fsp3) is 0.364. The van der Waals surface area contributed by atoms with Crippen LogP contribution in [0.25, 0.3) is 0 Å². The first kappa shape index (κ1) is 13.7. The van der Waals surface area contributed by atoms with Crippen LogP contribution < -0.4 is 5.32 Å². The summed E-state index contributed by atoms with van der Waals surface area (Å²) >= 11 is 0. The second kappa shape index (κ2) is 5.51. The van der Waals surface area contributed by atoms with Crippen LogP contribution in [0.1, 0.15) is 16.1 Å². The maximum absolute atomic E-state index is 11.9. The van der Waals surface area contributed by atoms with Crippen molar-refractivity contribution in [2.75, 3.05) is 6.54 Å². The summed E-state index contributed by atoms with van der Waals surface area (Å²) in [6.07, 6.45) is 4.14. The van der Waals surface area contributed by atoms with Crippen molar-refractivity contribution in [1.29, 1.82) is 0 Å². The first-order chi connectivity index (χ1) is 9.47. The zero-order chi connectivity index (χ0) is 14.7. The Kier molecular flexibility index (Phi) is 3.78. The quantitative estimate of drug-likeness (QED) is 0.623. The van der Waals surface area contributed by atoms with Gasteiger partial charge in [0.2, 0.25) is 0 Å². The molecular formula is C11H14N6O3. The minimum atomic E-state index is -0.513. The number of carbonyl (C=O) groups excluding carboxylic acids is 1. The second-order valence-corrected chi connectivity index (χ2v) is 4.28. The highest BCUT2D eigenvalue weighted by atomic mass is 16.6. The predicted molar refractivity (Wildman–Crippen MR) is 69.2 cm³/mol. The van der Waals surface area contributed by atoms with Crippen LogP contribution in [-0.4, -0.2) is 36.9 Å². The van der Waals surface area contributed by atoms with E-state index in [-0.39, 0.29) is 11.6 Å². The zero-order valence-corrected chi connectivity index (χ0v) is 11.1. The molecule has 0 atom stereocenters. The van der Waals surface area contributed by atoms with Crippen molar-refractivity contribution in [3.63, 3.8) is 0 Å². The fourth-order valence-electron chi connectivity index (χ4n) is 1.77. The first-order valence-electron chi connectivity index (χ1n) is 5.92. The number of nitro groups is 1. The monoisotopic (exact) mass is 278 g/mol. The molecule has 0 aliphatic carbocycles. The molecule has 9 nitrogen and oxygen atoms in total. The standard InChI is InChI=1S/C11H14N6O3/c1-8-10(7-15(2)14-8)11(18)12-3-4-16-6-9(5-13-16)17(19)20/h5-7H,3-4H2,1-2H3,(H,12,18). The van der Waals surface area contributed by atoms with Gasteiger partial charge in [0.05, 0.1) is 22.7 Å². The third-order valence-electron chi connectivity index (χ3n) is 2.71. The molecular weight excluding hydrogens is 264 g/mol. The Morgan fingerprint density at radius 2 is 2.25 bits per heavy atom. The SMILES string of the molecule is Cc1nn(C)cc1C(=O)NCCn1cc([N+](=O)[O-])cn1. The third-order valence-corrected chi connectivity index (χ3v) is 2.71. The first-order valence-corrected chi connectivity index (χ1v) is 5.92. The maximum Gasteiger partial charge on any atom is 0.306 e. The van der Waals surface area contributed by atoms with E-state index in [2.05, 4.69) is 15.5 Å². The normalized spacial score (nSPS) is 10.5. The van der Waals surface area contributed by atoms with Gasteiger partial charge in [0.25, 0.3) is 5.91 Å². The number of rotatable bonds is 5. The van der Waals surface area contributed by atoms with E-state index in [1.807, 2.05) is 0 Å². The van der Waals surface area contributed by atoms with Crippen LogP contribution >= 0.6 is 0 Å². The molecule has 0 radical (unpaired) electrons. The minimum absolute atomic E-state index is 0.0700. The number of carbonyl (C=O) groups is 1. The summed E-state index contributed by atoms with van der Waals surface area (Å²) in [6.45, 7) is 2.44. The van der Waals surface area contributed by atoms with Gasteiger partial charge in [0.15, 0.2) is 0 Å². The molecule has 0 aliphatic rings. The highest BCUT2D eigenvalue weighted by molar-refractivity contribution is 5.94. The van der Waals surface area contributed by atoms with Gasteiger partial charge in [-0.3, -0.25) is 24.3 Å². The highest BCUT2D eigenvalue weighted by Crippen LogP contribution is 2.07. The lowest BCUT2D eigenvalue weighted by Crippen LogP contribution is -2.27. The summed E-state index contributed by atoms with van der Waals surface area (Å²) in [7, 11) is 1.74. The molecule has 0 aliphatic heterocycles. The lowest BCUT2D eigenvalue weighted by atomic mass is 10.2. The number of hydrogen-bond donors (Lipinski definition) is 1. The fourth-order valence-corrected chi connectivity index (χ4v) is 1.77. The molecule has 20 heavy (non-hydrogen) atoms. The summed E-state index contributed by atoms with van der Waals surface area (Å²) in [5, 5.41) is 21.1. The Bertz CT molecular complexity index is 644. The predicted octanol–water partition coefficient (Wildman–Crippen LogP) is 0.263. The van der Waals surface area contributed by atoms with E-state index in [0.29, 0.717) is 24.3 Å². The highest BCUT2D eigenvalue weighted by Gasteiger charge is 2.12. The van der Waals surface area contributed by atoms with E-state index in [0.717, 1.165) is 0 Å². The van der Waals surface area contributed by atoms with Crippen LogP contribution in [0.15, 0.2) is 18.6 Å². The van der Waals surface area contributed by atoms with Crippen molar-refractivity contribution in [1.82, 2.24) is 24.9 Å². The molecule has 2 aromatic rings. The Morgan fingerprint density at radius 3 is 2.80 bits per heavy atom. The number of nitrogens with one attached hydrogen (secondary N) is 1. The van der Waals surface area contributed by atoms with Gasteiger partial charge >= 0.3 is 5.69 Å². The van der Waals surface area contributed by atoms with Crippen LogP contribution in [0, 0.1) is 17.0 Å². The van der Waals surface area contributed by atoms with Gasteiger partial charge in [0.1, 0.15) is 12.4 Å². The third kappa shape index (κ3) is 2.99.